The summed E-state index contributed by atoms with van der Waals surface area (Å²) in [6, 6.07) is 13.3. The van der Waals surface area contributed by atoms with E-state index >= 15 is 0 Å². The molecule has 0 fully saturated rings. The van der Waals surface area contributed by atoms with Crippen LogP contribution in [0.3, 0.4) is 0 Å². The molecule has 0 aliphatic carbocycles. The van der Waals surface area contributed by atoms with Gasteiger partial charge in [-0.1, -0.05) is 12.1 Å². The summed E-state index contributed by atoms with van der Waals surface area (Å²) in [6.07, 6.45) is 4.16. The van der Waals surface area contributed by atoms with Crippen LogP contribution in [0.25, 0.3) is 11.4 Å². The van der Waals surface area contributed by atoms with Crippen molar-refractivity contribution in [3.8, 4) is 11.4 Å². The van der Waals surface area contributed by atoms with Gasteiger partial charge in [0.25, 0.3) is 5.91 Å². The number of hydrogen-bond donors (Lipinski definition) is 1. The van der Waals surface area contributed by atoms with Crippen molar-refractivity contribution in [3.05, 3.63) is 70.7 Å². The van der Waals surface area contributed by atoms with Crippen molar-refractivity contribution >= 4 is 17.2 Å². The molecule has 0 radical (unpaired) electrons. The van der Waals surface area contributed by atoms with Gasteiger partial charge in [-0.05, 0) is 42.1 Å². The van der Waals surface area contributed by atoms with Crippen molar-refractivity contribution in [1.29, 1.82) is 0 Å². The largest absolute Gasteiger partial charge is 0.352 e. The minimum Gasteiger partial charge on any atom is -0.352 e. The molecule has 0 aromatic carbocycles. The maximum Gasteiger partial charge on any atom is 0.252 e. The molecule has 3 aromatic rings. The van der Waals surface area contributed by atoms with Crippen LogP contribution in [0.2, 0.25) is 0 Å². The minimum atomic E-state index is -0.100. The Morgan fingerprint density at radius 2 is 1.95 bits per heavy atom. The normalized spacial score (nSPS) is 10.4. The van der Waals surface area contributed by atoms with E-state index in [9.17, 15) is 4.79 Å². The summed E-state index contributed by atoms with van der Waals surface area (Å²) in [7, 11) is 0. The van der Waals surface area contributed by atoms with E-state index in [4.69, 9.17) is 0 Å². The zero-order valence-corrected chi connectivity index (χ0v) is 12.7. The molecular weight excluding hydrogens is 294 g/mol. The number of nitrogens with zero attached hydrogens (tertiary/aromatic N) is 2. The molecule has 0 atom stereocenters. The average molecular weight is 309 g/mol. The Kier molecular flexibility index (Phi) is 4.56. The summed E-state index contributed by atoms with van der Waals surface area (Å²) in [6.45, 7) is 0.626. The lowest BCUT2D eigenvalue weighted by Crippen LogP contribution is -2.25. The number of hydrogen-bond acceptors (Lipinski definition) is 4. The number of carbonyl (C=O) groups excluding carboxylic acids is 1. The highest BCUT2D eigenvalue weighted by atomic mass is 32.1. The number of amides is 1. The van der Waals surface area contributed by atoms with E-state index in [1.165, 1.54) is 4.88 Å². The van der Waals surface area contributed by atoms with Gasteiger partial charge >= 0.3 is 0 Å². The summed E-state index contributed by atoms with van der Waals surface area (Å²) in [4.78, 5) is 21.9. The van der Waals surface area contributed by atoms with Crippen LogP contribution in [-0.2, 0) is 6.42 Å². The number of pyridine rings is 2. The molecule has 1 N–H and O–H groups in total. The van der Waals surface area contributed by atoms with Crippen molar-refractivity contribution in [2.45, 2.75) is 6.42 Å². The molecule has 3 heterocycles. The highest BCUT2D eigenvalue weighted by Crippen LogP contribution is 2.13. The Labute approximate surface area is 132 Å². The monoisotopic (exact) mass is 309 g/mol. The fraction of sp³-hybridized carbons (Fsp3) is 0.118. The molecule has 0 unspecified atom stereocenters. The summed E-state index contributed by atoms with van der Waals surface area (Å²) in [5, 5.41) is 4.95. The predicted molar refractivity (Wildman–Crippen MR) is 87.8 cm³/mol. The van der Waals surface area contributed by atoms with Gasteiger partial charge < -0.3 is 5.32 Å². The molecule has 5 heteroatoms. The Balaban J connectivity index is 1.59. The second-order valence-corrected chi connectivity index (χ2v) is 5.76. The van der Waals surface area contributed by atoms with Crippen LogP contribution < -0.4 is 5.32 Å². The number of thiophene rings is 1. The third-order valence-corrected chi connectivity index (χ3v) is 4.13. The molecule has 1 amide bonds. The van der Waals surface area contributed by atoms with Gasteiger partial charge in [-0.3, -0.25) is 14.8 Å². The van der Waals surface area contributed by atoms with Gasteiger partial charge in [-0.25, -0.2) is 0 Å². The van der Waals surface area contributed by atoms with Crippen molar-refractivity contribution in [1.82, 2.24) is 15.3 Å². The van der Waals surface area contributed by atoms with Crippen LogP contribution in [0.1, 0.15) is 15.2 Å². The number of rotatable bonds is 5. The first-order valence-corrected chi connectivity index (χ1v) is 7.89. The standard InChI is InChI=1S/C17H15N3OS/c21-17(19-10-8-14-4-3-11-22-14)13-6-7-16(20-12-13)15-5-1-2-9-18-15/h1-7,9,11-12H,8,10H2,(H,19,21). The smallest absolute Gasteiger partial charge is 0.252 e. The molecule has 0 bridgehead atoms. The fourth-order valence-corrected chi connectivity index (χ4v) is 2.76. The fourth-order valence-electron chi connectivity index (χ4n) is 2.05. The Morgan fingerprint density at radius 3 is 2.64 bits per heavy atom. The molecule has 0 aliphatic heterocycles. The Morgan fingerprint density at radius 1 is 1.05 bits per heavy atom. The summed E-state index contributed by atoms with van der Waals surface area (Å²) < 4.78 is 0. The van der Waals surface area contributed by atoms with Gasteiger partial charge in [0, 0.05) is 23.8 Å². The zero-order chi connectivity index (χ0) is 15.2. The third-order valence-electron chi connectivity index (χ3n) is 3.19. The molecule has 3 rings (SSSR count). The quantitative estimate of drug-likeness (QED) is 0.787. The molecule has 110 valence electrons. The van der Waals surface area contributed by atoms with E-state index in [1.54, 1.807) is 29.8 Å². The van der Waals surface area contributed by atoms with Gasteiger partial charge in [-0.15, -0.1) is 11.3 Å². The summed E-state index contributed by atoms with van der Waals surface area (Å²) in [5.41, 5.74) is 2.12. The van der Waals surface area contributed by atoms with Gasteiger partial charge in [0.15, 0.2) is 0 Å². The van der Waals surface area contributed by atoms with E-state index < -0.39 is 0 Å². The number of nitrogens with one attached hydrogen (secondary N) is 1. The topological polar surface area (TPSA) is 54.9 Å². The van der Waals surface area contributed by atoms with E-state index in [-0.39, 0.29) is 5.91 Å². The molecule has 4 nitrogen and oxygen atoms in total. The minimum absolute atomic E-state index is 0.100. The predicted octanol–water partition coefficient (Wildman–Crippen LogP) is 3.18. The third kappa shape index (κ3) is 3.56. The Hall–Kier alpha value is -2.53. The molecular formula is C17H15N3OS. The van der Waals surface area contributed by atoms with Crippen LogP contribution in [0.15, 0.2) is 60.2 Å². The van der Waals surface area contributed by atoms with E-state index in [0.717, 1.165) is 17.8 Å². The maximum absolute atomic E-state index is 12.1. The average Bonchev–Trinajstić information content (AvgIpc) is 3.09. The van der Waals surface area contributed by atoms with Gasteiger partial charge in [0.2, 0.25) is 0 Å². The molecule has 3 aromatic heterocycles. The van der Waals surface area contributed by atoms with Crippen LogP contribution in [0, 0.1) is 0 Å². The van der Waals surface area contributed by atoms with E-state index in [1.807, 2.05) is 35.7 Å². The van der Waals surface area contributed by atoms with Crippen LogP contribution in [0.5, 0.6) is 0 Å². The van der Waals surface area contributed by atoms with Crippen molar-refractivity contribution in [2.24, 2.45) is 0 Å². The van der Waals surface area contributed by atoms with Crippen molar-refractivity contribution in [2.75, 3.05) is 6.54 Å². The van der Waals surface area contributed by atoms with Crippen molar-refractivity contribution < 1.29 is 4.79 Å². The molecule has 0 saturated carbocycles. The maximum atomic E-state index is 12.1. The van der Waals surface area contributed by atoms with E-state index in [2.05, 4.69) is 21.4 Å². The zero-order valence-electron chi connectivity index (χ0n) is 11.9. The Bertz CT molecular complexity index is 724. The highest BCUT2D eigenvalue weighted by molar-refractivity contribution is 7.09. The van der Waals surface area contributed by atoms with E-state index in [0.29, 0.717) is 12.1 Å². The molecule has 0 spiro atoms. The lowest BCUT2D eigenvalue weighted by atomic mass is 10.2. The molecule has 0 saturated heterocycles. The summed E-state index contributed by atoms with van der Waals surface area (Å²) in [5.74, 6) is -0.100. The molecule has 22 heavy (non-hydrogen) atoms. The molecule has 0 aliphatic rings. The van der Waals surface area contributed by atoms with Gasteiger partial charge in [-0.2, -0.15) is 0 Å². The first kappa shape index (κ1) is 14.4. The first-order chi connectivity index (χ1) is 10.8. The van der Waals surface area contributed by atoms with Crippen molar-refractivity contribution in [3.63, 3.8) is 0 Å². The van der Waals surface area contributed by atoms with Crippen LogP contribution in [0.4, 0.5) is 0 Å². The second kappa shape index (κ2) is 6.95. The second-order valence-electron chi connectivity index (χ2n) is 4.73. The first-order valence-electron chi connectivity index (χ1n) is 7.01. The summed E-state index contributed by atoms with van der Waals surface area (Å²) >= 11 is 1.70. The van der Waals surface area contributed by atoms with Crippen LogP contribution in [-0.4, -0.2) is 22.4 Å². The SMILES string of the molecule is O=C(NCCc1cccs1)c1ccc(-c2ccccn2)nc1. The number of aromatic nitrogens is 2. The van der Waals surface area contributed by atoms with Gasteiger partial charge in [0.1, 0.15) is 0 Å². The highest BCUT2D eigenvalue weighted by Gasteiger charge is 2.07. The lowest BCUT2D eigenvalue weighted by Gasteiger charge is -2.05. The number of carbonyl (C=O) groups is 1. The van der Waals surface area contributed by atoms with Crippen LogP contribution >= 0.6 is 11.3 Å². The lowest BCUT2D eigenvalue weighted by molar-refractivity contribution is 0.0954. The van der Waals surface area contributed by atoms with Gasteiger partial charge in [0.05, 0.1) is 17.0 Å².